The van der Waals surface area contributed by atoms with E-state index >= 15 is 0 Å². The number of aryl methyl sites for hydroxylation is 2. The summed E-state index contributed by atoms with van der Waals surface area (Å²) in [6.07, 6.45) is 3.51. The summed E-state index contributed by atoms with van der Waals surface area (Å²) in [6.45, 7) is 9.95. The summed E-state index contributed by atoms with van der Waals surface area (Å²) < 4.78 is 2.02. The minimum atomic E-state index is -0.371. The van der Waals surface area contributed by atoms with Gasteiger partial charge in [-0.25, -0.2) is 0 Å². The topological polar surface area (TPSA) is 60.7 Å². The molecule has 0 N–H and O–H groups in total. The lowest BCUT2D eigenvalue weighted by atomic mass is 9.92. The Morgan fingerprint density at radius 3 is 2.56 bits per heavy atom. The molecule has 0 radical (unpaired) electrons. The number of hydrogen-bond acceptors (Lipinski definition) is 5. The Morgan fingerprint density at radius 1 is 1.15 bits per heavy atom. The summed E-state index contributed by atoms with van der Waals surface area (Å²) in [5.74, 6) is 1.27. The molecule has 3 rings (SSSR count). The Labute approximate surface area is 164 Å². The minimum absolute atomic E-state index is 0.186. The molecule has 0 aliphatic heterocycles. The van der Waals surface area contributed by atoms with Crippen LogP contribution in [0.3, 0.4) is 0 Å². The van der Waals surface area contributed by atoms with Crippen molar-refractivity contribution in [2.45, 2.75) is 39.8 Å². The molecule has 2 aromatic heterocycles. The summed E-state index contributed by atoms with van der Waals surface area (Å²) in [4.78, 5) is 16.6. The van der Waals surface area contributed by atoms with Crippen LogP contribution in [0.15, 0.2) is 47.9 Å². The summed E-state index contributed by atoms with van der Waals surface area (Å²) in [6, 6.07) is 10.1. The molecule has 5 nitrogen and oxygen atoms in total. The maximum absolute atomic E-state index is 12.4. The van der Waals surface area contributed by atoms with Crippen LogP contribution in [0.2, 0.25) is 0 Å². The number of thioether (sulfide) groups is 1. The van der Waals surface area contributed by atoms with Crippen LogP contribution in [-0.2, 0) is 4.79 Å². The summed E-state index contributed by atoms with van der Waals surface area (Å²) in [7, 11) is 0. The zero-order valence-electron chi connectivity index (χ0n) is 16.4. The molecule has 1 aromatic carbocycles. The molecule has 3 aromatic rings. The number of aromatic nitrogens is 4. The summed E-state index contributed by atoms with van der Waals surface area (Å²) >= 11 is 1.42. The van der Waals surface area contributed by atoms with Crippen LogP contribution in [0.25, 0.3) is 17.1 Å². The van der Waals surface area contributed by atoms with Crippen LogP contribution < -0.4 is 0 Å². The lowest BCUT2D eigenvalue weighted by Gasteiger charge is -2.17. The van der Waals surface area contributed by atoms with Gasteiger partial charge < -0.3 is 0 Å². The van der Waals surface area contributed by atoms with Gasteiger partial charge in [-0.05, 0) is 37.6 Å². The first-order valence-corrected chi connectivity index (χ1v) is 9.85. The Hall–Kier alpha value is -2.47. The second-order valence-corrected chi connectivity index (χ2v) is 8.58. The zero-order valence-corrected chi connectivity index (χ0v) is 17.2. The van der Waals surface area contributed by atoms with Gasteiger partial charge in [0.2, 0.25) is 0 Å². The molecule has 0 saturated carbocycles. The van der Waals surface area contributed by atoms with Crippen LogP contribution >= 0.6 is 11.8 Å². The monoisotopic (exact) mass is 380 g/mol. The fraction of sp³-hybridized carbons (Fsp3) is 0.333. The van der Waals surface area contributed by atoms with Crippen LogP contribution in [0.4, 0.5) is 0 Å². The molecule has 6 heteroatoms. The van der Waals surface area contributed by atoms with Crippen molar-refractivity contribution in [3.05, 3.63) is 53.9 Å². The molecule has 0 aliphatic rings. The van der Waals surface area contributed by atoms with Gasteiger partial charge in [0.15, 0.2) is 11.0 Å². The van der Waals surface area contributed by atoms with Gasteiger partial charge in [-0.3, -0.25) is 14.3 Å². The SMILES string of the molecule is Cc1ccc(-n2c(SCC(=O)C(C)(C)C)nnc2-c2cccnc2)c(C)c1. The van der Waals surface area contributed by atoms with Gasteiger partial charge in [0.05, 0.1) is 11.4 Å². The minimum Gasteiger partial charge on any atom is -0.298 e. The third-order valence-corrected chi connectivity index (χ3v) is 5.24. The van der Waals surface area contributed by atoms with Crippen LogP contribution in [0, 0.1) is 19.3 Å². The maximum Gasteiger partial charge on any atom is 0.196 e. The lowest BCUT2D eigenvalue weighted by molar-refractivity contribution is -0.123. The predicted octanol–water partition coefficient (Wildman–Crippen LogP) is 4.65. The van der Waals surface area contributed by atoms with E-state index in [1.165, 1.54) is 17.3 Å². The van der Waals surface area contributed by atoms with E-state index in [1.807, 2.05) is 37.5 Å². The highest BCUT2D eigenvalue weighted by molar-refractivity contribution is 7.99. The van der Waals surface area contributed by atoms with E-state index in [0.29, 0.717) is 10.9 Å². The van der Waals surface area contributed by atoms with Crippen molar-refractivity contribution >= 4 is 17.5 Å². The quantitative estimate of drug-likeness (QED) is 0.603. The molecule has 140 valence electrons. The van der Waals surface area contributed by atoms with Gasteiger partial charge in [0.25, 0.3) is 0 Å². The third-order valence-electron chi connectivity index (χ3n) is 4.32. The third kappa shape index (κ3) is 4.27. The zero-order chi connectivity index (χ0) is 19.6. The molecule has 0 spiro atoms. The number of carbonyl (C=O) groups excluding carboxylic acids is 1. The fourth-order valence-electron chi connectivity index (χ4n) is 2.67. The number of carbonyl (C=O) groups is 1. The average molecular weight is 381 g/mol. The van der Waals surface area contributed by atoms with Crippen LogP contribution in [-0.4, -0.2) is 31.3 Å². The number of nitrogens with zero attached hydrogens (tertiary/aromatic N) is 4. The van der Waals surface area contributed by atoms with Crippen molar-refractivity contribution in [2.24, 2.45) is 5.41 Å². The molecule has 0 unspecified atom stereocenters. The maximum atomic E-state index is 12.4. The number of ketones is 1. The van der Waals surface area contributed by atoms with Crippen molar-refractivity contribution in [1.82, 2.24) is 19.7 Å². The molecule has 0 aliphatic carbocycles. The summed E-state index contributed by atoms with van der Waals surface area (Å²) in [5.41, 5.74) is 3.85. The van der Waals surface area contributed by atoms with Crippen molar-refractivity contribution in [3.8, 4) is 17.1 Å². The Bertz CT molecular complexity index is 958. The highest BCUT2D eigenvalue weighted by atomic mass is 32.2. The second kappa shape index (κ2) is 7.64. The Kier molecular flexibility index (Phi) is 5.46. The highest BCUT2D eigenvalue weighted by Crippen LogP contribution is 2.30. The Morgan fingerprint density at radius 2 is 1.93 bits per heavy atom. The highest BCUT2D eigenvalue weighted by Gasteiger charge is 2.23. The average Bonchev–Trinajstić information content (AvgIpc) is 3.03. The fourth-order valence-corrected chi connectivity index (χ4v) is 3.77. The van der Waals surface area contributed by atoms with Crippen molar-refractivity contribution < 1.29 is 4.79 Å². The number of hydrogen-bond donors (Lipinski definition) is 0. The molecule has 2 heterocycles. The van der Waals surface area contributed by atoms with Crippen molar-refractivity contribution in [3.63, 3.8) is 0 Å². The summed E-state index contributed by atoms with van der Waals surface area (Å²) in [5, 5.41) is 9.50. The number of rotatable bonds is 5. The smallest absolute Gasteiger partial charge is 0.196 e. The van der Waals surface area contributed by atoms with Crippen molar-refractivity contribution in [1.29, 1.82) is 0 Å². The second-order valence-electron chi connectivity index (χ2n) is 7.64. The molecule has 0 atom stereocenters. The first kappa shape index (κ1) is 19.3. The van der Waals surface area contributed by atoms with E-state index in [4.69, 9.17) is 0 Å². The van der Waals surface area contributed by atoms with Gasteiger partial charge >= 0.3 is 0 Å². The molecule has 0 saturated heterocycles. The lowest BCUT2D eigenvalue weighted by Crippen LogP contribution is -2.22. The number of benzene rings is 1. The van der Waals surface area contributed by atoms with E-state index < -0.39 is 0 Å². The normalized spacial score (nSPS) is 11.6. The van der Waals surface area contributed by atoms with E-state index in [-0.39, 0.29) is 11.2 Å². The van der Waals surface area contributed by atoms with E-state index in [2.05, 4.69) is 47.2 Å². The molecule has 0 bridgehead atoms. The molecule has 0 fully saturated rings. The number of Topliss-reactive ketones (excluding diaryl/α,β-unsaturated/α-hetero) is 1. The molecule has 27 heavy (non-hydrogen) atoms. The largest absolute Gasteiger partial charge is 0.298 e. The van der Waals surface area contributed by atoms with E-state index in [1.54, 1.807) is 12.4 Å². The first-order chi connectivity index (χ1) is 12.8. The standard InChI is InChI=1S/C21H24N4OS/c1-14-8-9-17(15(2)11-14)25-19(16-7-6-10-22-12-16)23-24-20(25)27-13-18(26)21(3,4)5/h6-12H,13H2,1-5H3. The van der Waals surface area contributed by atoms with E-state index in [0.717, 1.165) is 22.6 Å². The van der Waals surface area contributed by atoms with Gasteiger partial charge in [0.1, 0.15) is 5.78 Å². The van der Waals surface area contributed by atoms with Crippen molar-refractivity contribution in [2.75, 3.05) is 5.75 Å². The molecular weight excluding hydrogens is 356 g/mol. The van der Waals surface area contributed by atoms with Gasteiger partial charge in [-0.15, -0.1) is 10.2 Å². The van der Waals surface area contributed by atoms with Crippen LogP contribution in [0.1, 0.15) is 31.9 Å². The van der Waals surface area contributed by atoms with E-state index in [9.17, 15) is 4.79 Å². The van der Waals surface area contributed by atoms with Gasteiger partial charge in [-0.1, -0.05) is 50.2 Å². The number of pyridine rings is 1. The van der Waals surface area contributed by atoms with Gasteiger partial charge in [0, 0.05) is 23.4 Å². The molecular formula is C21H24N4OS. The first-order valence-electron chi connectivity index (χ1n) is 8.87. The molecule has 0 amide bonds. The van der Waals surface area contributed by atoms with Gasteiger partial charge in [-0.2, -0.15) is 0 Å². The van der Waals surface area contributed by atoms with Crippen LogP contribution in [0.5, 0.6) is 0 Å². The predicted molar refractivity (Wildman–Crippen MR) is 109 cm³/mol. The Balaban J connectivity index is 2.07.